The Balaban J connectivity index is 1.77. The predicted molar refractivity (Wildman–Crippen MR) is 77.8 cm³/mol. The minimum absolute atomic E-state index is 0.228. The Morgan fingerprint density at radius 2 is 1.58 bits per heavy atom. The number of benzene rings is 2. The zero-order valence-corrected chi connectivity index (χ0v) is 11.0. The molecule has 1 unspecified atom stereocenters. The van der Waals surface area contributed by atoms with Crippen molar-refractivity contribution < 1.29 is 4.74 Å². The van der Waals surface area contributed by atoms with Crippen LogP contribution in [-0.2, 0) is 6.42 Å². The molecular weight excluding hydrogens is 236 g/mol. The van der Waals surface area contributed by atoms with Gasteiger partial charge in [-0.25, -0.2) is 0 Å². The number of nitrogens with one attached hydrogen (secondary N) is 1. The highest BCUT2D eigenvalue weighted by Crippen LogP contribution is 2.10. The summed E-state index contributed by atoms with van der Waals surface area (Å²) in [5, 5.41) is 0. The standard InChI is InChI=1S/C16H20N2O/c17-18-15(13-14-7-3-1-4-8-14)11-12-19-16-9-5-2-6-10-16/h1-10,15,18H,11-13,17H2. The quantitative estimate of drug-likeness (QED) is 0.591. The normalized spacial score (nSPS) is 12.1. The van der Waals surface area contributed by atoms with Crippen LogP contribution < -0.4 is 16.0 Å². The molecule has 2 rings (SSSR count). The molecule has 0 spiro atoms. The first-order chi connectivity index (χ1) is 9.38. The van der Waals surface area contributed by atoms with Gasteiger partial charge in [0.15, 0.2) is 0 Å². The molecule has 0 aliphatic heterocycles. The molecule has 0 radical (unpaired) electrons. The molecule has 0 saturated carbocycles. The fourth-order valence-corrected chi connectivity index (χ4v) is 1.98. The monoisotopic (exact) mass is 256 g/mol. The van der Waals surface area contributed by atoms with Crippen molar-refractivity contribution in [1.29, 1.82) is 0 Å². The van der Waals surface area contributed by atoms with Crippen LogP contribution in [0.5, 0.6) is 5.75 Å². The van der Waals surface area contributed by atoms with Crippen LogP contribution in [0, 0.1) is 0 Å². The zero-order chi connectivity index (χ0) is 13.3. The van der Waals surface area contributed by atoms with Crippen LogP contribution in [0.25, 0.3) is 0 Å². The Hall–Kier alpha value is -1.84. The number of hydrogen-bond donors (Lipinski definition) is 2. The summed E-state index contributed by atoms with van der Waals surface area (Å²) in [4.78, 5) is 0. The highest BCUT2D eigenvalue weighted by molar-refractivity contribution is 5.21. The number of hydrazine groups is 1. The molecule has 0 heterocycles. The maximum Gasteiger partial charge on any atom is 0.119 e. The van der Waals surface area contributed by atoms with Gasteiger partial charge in [0.05, 0.1) is 6.61 Å². The summed E-state index contributed by atoms with van der Waals surface area (Å²) >= 11 is 0. The van der Waals surface area contributed by atoms with Crippen molar-refractivity contribution in [2.75, 3.05) is 6.61 Å². The van der Waals surface area contributed by atoms with Crippen LogP contribution in [0.15, 0.2) is 60.7 Å². The fourth-order valence-electron chi connectivity index (χ4n) is 1.98. The lowest BCUT2D eigenvalue weighted by atomic mass is 10.0. The summed E-state index contributed by atoms with van der Waals surface area (Å²) < 4.78 is 5.68. The van der Waals surface area contributed by atoms with Crippen LogP contribution in [-0.4, -0.2) is 12.6 Å². The molecule has 100 valence electrons. The third kappa shape index (κ3) is 4.73. The van der Waals surface area contributed by atoms with E-state index in [1.54, 1.807) is 0 Å². The average molecular weight is 256 g/mol. The van der Waals surface area contributed by atoms with E-state index in [0.717, 1.165) is 18.6 Å². The van der Waals surface area contributed by atoms with Crippen LogP contribution in [0.2, 0.25) is 0 Å². The first kappa shape index (κ1) is 13.6. The van der Waals surface area contributed by atoms with Crippen molar-refractivity contribution in [1.82, 2.24) is 5.43 Å². The molecule has 0 bridgehead atoms. The van der Waals surface area contributed by atoms with Gasteiger partial charge in [-0.15, -0.1) is 0 Å². The number of rotatable bonds is 7. The molecule has 1 atom stereocenters. The van der Waals surface area contributed by atoms with E-state index >= 15 is 0 Å². The number of hydrogen-bond acceptors (Lipinski definition) is 3. The second-order valence-corrected chi connectivity index (χ2v) is 4.50. The average Bonchev–Trinajstić information content (AvgIpc) is 2.48. The van der Waals surface area contributed by atoms with Crippen molar-refractivity contribution in [2.45, 2.75) is 18.9 Å². The van der Waals surface area contributed by atoms with Crippen LogP contribution in [0.3, 0.4) is 0 Å². The third-order valence-corrected chi connectivity index (χ3v) is 3.04. The van der Waals surface area contributed by atoms with E-state index in [1.807, 2.05) is 48.5 Å². The van der Waals surface area contributed by atoms with Gasteiger partial charge in [0.25, 0.3) is 0 Å². The first-order valence-electron chi connectivity index (χ1n) is 6.56. The van der Waals surface area contributed by atoms with E-state index in [2.05, 4.69) is 17.6 Å². The Labute approximate surface area is 114 Å². The van der Waals surface area contributed by atoms with Gasteiger partial charge in [-0.05, 0) is 30.5 Å². The number of ether oxygens (including phenoxy) is 1. The largest absolute Gasteiger partial charge is 0.494 e. The zero-order valence-electron chi connectivity index (χ0n) is 11.0. The van der Waals surface area contributed by atoms with Gasteiger partial charge in [0.1, 0.15) is 5.75 Å². The minimum atomic E-state index is 0.228. The van der Waals surface area contributed by atoms with Gasteiger partial charge in [-0.2, -0.15) is 0 Å². The predicted octanol–water partition coefficient (Wildman–Crippen LogP) is 2.53. The molecule has 0 amide bonds. The maximum absolute atomic E-state index is 5.68. The van der Waals surface area contributed by atoms with Gasteiger partial charge in [-0.1, -0.05) is 48.5 Å². The summed E-state index contributed by atoms with van der Waals surface area (Å²) in [6.07, 6.45) is 1.79. The van der Waals surface area contributed by atoms with Crippen LogP contribution in [0.1, 0.15) is 12.0 Å². The van der Waals surface area contributed by atoms with Crippen molar-refractivity contribution in [3.05, 3.63) is 66.2 Å². The Morgan fingerprint density at radius 3 is 2.21 bits per heavy atom. The summed E-state index contributed by atoms with van der Waals surface area (Å²) in [5.74, 6) is 6.50. The van der Waals surface area contributed by atoms with Gasteiger partial charge in [-0.3, -0.25) is 11.3 Å². The molecule has 19 heavy (non-hydrogen) atoms. The van der Waals surface area contributed by atoms with Gasteiger partial charge in [0, 0.05) is 6.04 Å². The Bertz CT molecular complexity index is 459. The SMILES string of the molecule is NNC(CCOc1ccccc1)Cc1ccccc1. The van der Waals surface area contributed by atoms with Gasteiger partial charge < -0.3 is 4.74 Å². The van der Waals surface area contributed by atoms with Crippen molar-refractivity contribution in [3.63, 3.8) is 0 Å². The van der Waals surface area contributed by atoms with Crippen molar-refractivity contribution >= 4 is 0 Å². The smallest absolute Gasteiger partial charge is 0.119 e. The summed E-state index contributed by atoms with van der Waals surface area (Å²) in [5.41, 5.74) is 4.14. The summed E-state index contributed by atoms with van der Waals surface area (Å²) in [6, 6.07) is 20.4. The lowest BCUT2D eigenvalue weighted by Crippen LogP contribution is -2.37. The molecule has 0 aromatic heterocycles. The molecule has 0 saturated heterocycles. The van der Waals surface area contributed by atoms with E-state index in [0.29, 0.717) is 6.61 Å². The van der Waals surface area contributed by atoms with E-state index in [4.69, 9.17) is 10.6 Å². The van der Waals surface area contributed by atoms with Crippen molar-refractivity contribution in [3.8, 4) is 5.75 Å². The molecule has 2 aromatic carbocycles. The molecule has 0 aliphatic carbocycles. The van der Waals surface area contributed by atoms with Gasteiger partial charge in [0.2, 0.25) is 0 Å². The first-order valence-corrected chi connectivity index (χ1v) is 6.56. The number of para-hydroxylation sites is 1. The van der Waals surface area contributed by atoms with E-state index < -0.39 is 0 Å². The van der Waals surface area contributed by atoms with Crippen LogP contribution >= 0.6 is 0 Å². The van der Waals surface area contributed by atoms with Crippen molar-refractivity contribution in [2.24, 2.45) is 5.84 Å². The molecule has 3 heteroatoms. The Morgan fingerprint density at radius 1 is 0.947 bits per heavy atom. The van der Waals surface area contributed by atoms with E-state index in [9.17, 15) is 0 Å². The number of nitrogens with two attached hydrogens (primary N) is 1. The molecular formula is C16H20N2O. The molecule has 0 fully saturated rings. The minimum Gasteiger partial charge on any atom is -0.494 e. The summed E-state index contributed by atoms with van der Waals surface area (Å²) in [7, 11) is 0. The fraction of sp³-hybridized carbons (Fsp3) is 0.250. The lowest BCUT2D eigenvalue weighted by Gasteiger charge is -2.16. The lowest BCUT2D eigenvalue weighted by molar-refractivity contribution is 0.285. The summed E-state index contributed by atoms with van der Waals surface area (Å²) in [6.45, 7) is 0.658. The highest BCUT2D eigenvalue weighted by atomic mass is 16.5. The maximum atomic E-state index is 5.68. The van der Waals surface area contributed by atoms with Gasteiger partial charge >= 0.3 is 0 Å². The van der Waals surface area contributed by atoms with E-state index in [1.165, 1.54) is 5.56 Å². The second-order valence-electron chi connectivity index (χ2n) is 4.50. The molecule has 0 aliphatic rings. The van der Waals surface area contributed by atoms with Crippen LogP contribution in [0.4, 0.5) is 0 Å². The third-order valence-electron chi connectivity index (χ3n) is 3.04. The Kier molecular flexibility index (Phi) is 5.41. The molecule has 2 aromatic rings. The van der Waals surface area contributed by atoms with E-state index in [-0.39, 0.29) is 6.04 Å². The second kappa shape index (κ2) is 7.56. The molecule has 3 nitrogen and oxygen atoms in total. The molecule has 3 N–H and O–H groups in total. The topological polar surface area (TPSA) is 47.3 Å². The highest BCUT2D eigenvalue weighted by Gasteiger charge is 2.07.